The molecule has 4 fully saturated rings. The van der Waals surface area contributed by atoms with Crippen molar-refractivity contribution in [1.29, 1.82) is 0 Å². The van der Waals surface area contributed by atoms with Crippen LogP contribution in [0, 0.1) is 0 Å². The van der Waals surface area contributed by atoms with Gasteiger partial charge in [0.2, 0.25) is 0 Å². The van der Waals surface area contributed by atoms with E-state index in [1.807, 2.05) is 27.7 Å². The van der Waals surface area contributed by atoms with Gasteiger partial charge in [0.05, 0.1) is 75.3 Å². The van der Waals surface area contributed by atoms with E-state index >= 15 is 0 Å². The third-order valence-electron chi connectivity index (χ3n) is 8.15. The molecule has 1 N–H and O–H groups in total. The minimum Gasteiger partial charge on any atom is -0.382 e. The summed E-state index contributed by atoms with van der Waals surface area (Å²) < 4.78 is 78.4. The Morgan fingerprint density at radius 2 is 0.978 bits per heavy atom. The van der Waals surface area contributed by atoms with E-state index in [4.69, 9.17) is 67.8 Å². The first-order valence-corrected chi connectivity index (χ1v) is 20.9. The van der Waals surface area contributed by atoms with Gasteiger partial charge in [0.1, 0.15) is 24.4 Å². The summed E-state index contributed by atoms with van der Waals surface area (Å²) in [5.74, 6) is 0. The third-order valence-corrected chi connectivity index (χ3v) is 11.4. The van der Waals surface area contributed by atoms with Gasteiger partial charge in [-0.1, -0.05) is 12.2 Å². The van der Waals surface area contributed by atoms with Gasteiger partial charge in [0.25, 0.3) is 0 Å². The van der Waals surface area contributed by atoms with Gasteiger partial charge in [-0.2, -0.15) is 0 Å². The average molecular weight is 741 g/mol. The Morgan fingerprint density at radius 3 is 1.37 bits per heavy atom. The van der Waals surface area contributed by atoms with E-state index < -0.39 is 13.5 Å². The van der Waals surface area contributed by atoms with Gasteiger partial charge in [-0.3, -0.25) is 9.05 Å². The van der Waals surface area contributed by atoms with Crippen molar-refractivity contribution in [3.05, 3.63) is 0 Å². The molecule has 272 valence electrons. The molecule has 0 amide bonds. The zero-order valence-electron chi connectivity index (χ0n) is 28.1. The Kier molecular flexibility index (Phi) is 17.3. The second-order valence-corrected chi connectivity index (χ2v) is 17.8. The monoisotopic (exact) mass is 740 g/mol. The molecule has 18 heteroatoms. The molecule has 0 aromatic carbocycles. The van der Waals surface area contributed by atoms with Gasteiger partial charge >= 0.3 is 13.5 Å². The van der Waals surface area contributed by atoms with Crippen LogP contribution in [0.25, 0.3) is 0 Å². The molecule has 0 bridgehead atoms. The van der Waals surface area contributed by atoms with Crippen molar-refractivity contribution >= 4 is 37.6 Å². The molecule has 4 rings (SSSR count). The molecule has 4 heterocycles. The highest BCUT2D eigenvalue weighted by atomic mass is 32.7. The summed E-state index contributed by atoms with van der Waals surface area (Å²) in [5, 5.41) is 0. The van der Waals surface area contributed by atoms with E-state index in [0.717, 1.165) is 12.8 Å². The fraction of sp³-hybridized carbons (Fsp3) is 1.00. The van der Waals surface area contributed by atoms with Crippen LogP contribution >= 0.6 is 25.8 Å². The Hall–Kier alpha value is 0.710. The number of thiol groups is 1. The standard InChI is InChI=1S/2C14H27O7PS/c2*1-9-5-11(17-4)14(20-9)8-18-22(15,23)21-12-6-10(2)19-13(12)7-16-3/h2*9-14H,5-8H2,1-4H3,(H,15,23)/t2*9-,10-,11+,12+,13+,14+,22?/m00/s1. The normalized spacial score (nSPS) is 40.4. The van der Waals surface area contributed by atoms with Crippen molar-refractivity contribution < 1.29 is 65.4 Å². The van der Waals surface area contributed by atoms with E-state index in [1.54, 1.807) is 28.4 Å². The SMILES string of the molecule is COC[C@H]1O[C@@H](C)C[C@H]1OP(=O)(S)OC[C@H]1O[C@@H](C)C[C@H]1OC.COC[C@H]1O[C@@H](C)C[C@H]1OP(O)(=S)OC[C@H]1O[C@@H](C)C[C@H]1OC. The van der Waals surface area contributed by atoms with Crippen molar-refractivity contribution in [3.8, 4) is 0 Å². The lowest BCUT2D eigenvalue weighted by Crippen LogP contribution is -2.30. The topological polar surface area (TPSA) is 148 Å². The third kappa shape index (κ3) is 13.1. The van der Waals surface area contributed by atoms with Crippen LogP contribution in [0.5, 0.6) is 0 Å². The molecule has 14 nitrogen and oxygen atoms in total. The lowest BCUT2D eigenvalue weighted by Gasteiger charge is -2.25. The van der Waals surface area contributed by atoms with E-state index in [9.17, 15) is 9.46 Å². The van der Waals surface area contributed by atoms with E-state index in [0.29, 0.717) is 26.1 Å². The first-order chi connectivity index (χ1) is 21.7. The molecule has 4 aliphatic heterocycles. The largest absolute Gasteiger partial charge is 0.386 e. The van der Waals surface area contributed by atoms with Crippen molar-refractivity contribution in [2.24, 2.45) is 0 Å². The summed E-state index contributed by atoms with van der Waals surface area (Å²) in [4.78, 5) is 10.3. The summed E-state index contributed by atoms with van der Waals surface area (Å²) in [5.41, 5.74) is 0. The summed E-state index contributed by atoms with van der Waals surface area (Å²) in [7, 11) is 6.45. The van der Waals surface area contributed by atoms with Gasteiger partial charge in [-0.15, -0.1) is 0 Å². The van der Waals surface area contributed by atoms with Gasteiger partial charge < -0.3 is 51.8 Å². The first-order valence-electron chi connectivity index (χ1n) is 15.7. The van der Waals surface area contributed by atoms with Gasteiger partial charge in [-0.25, -0.2) is 4.57 Å². The highest BCUT2D eigenvalue weighted by Gasteiger charge is 2.41. The molecule has 4 aliphatic rings. The van der Waals surface area contributed by atoms with Crippen LogP contribution in [0.1, 0.15) is 53.4 Å². The van der Waals surface area contributed by atoms with Crippen LogP contribution in [0.2, 0.25) is 0 Å². The molecular weight excluding hydrogens is 686 g/mol. The van der Waals surface area contributed by atoms with E-state index in [1.165, 1.54) is 0 Å². The Bertz CT molecular complexity index is 924. The lowest BCUT2D eigenvalue weighted by molar-refractivity contribution is -0.0392. The molecule has 0 radical (unpaired) electrons. The highest BCUT2D eigenvalue weighted by molar-refractivity contribution is 8.44. The molecule has 0 aromatic rings. The molecule has 0 saturated carbocycles. The maximum Gasteiger partial charge on any atom is 0.386 e. The molecule has 46 heavy (non-hydrogen) atoms. The molecule has 0 aliphatic carbocycles. The van der Waals surface area contributed by atoms with Gasteiger partial charge in [-0.05, 0) is 39.5 Å². The second kappa shape index (κ2) is 19.4. The first kappa shape index (κ1) is 41.1. The summed E-state index contributed by atoms with van der Waals surface area (Å²) in [6, 6.07) is 0. The lowest BCUT2D eigenvalue weighted by atomic mass is 10.1. The van der Waals surface area contributed by atoms with Crippen molar-refractivity contribution in [1.82, 2.24) is 0 Å². The molecular formula is C28H54O14P2S2. The molecule has 0 aromatic heterocycles. The number of hydrogen-bond acceptors (Lipinski definition) is 14. The number of rotatable bonds is 16. The number of hydrogen-bond donors (Lipinski definition) is 2. The van der Waals surface area contributed by atoms with Crippen molar-refractivity contribution in [2.45, 2.75) is 127 Å². The van der Waals surface area contributed by atoms with Gasteiger partial charge in [0.15, 0.2) is 0 Å². The second-order valence-electron chi connectivity index (χ2n) is 12.2. The van der Waals surface area contributed by atoms with Crippen LogP contribution in [0.3, 0.4) is 0 Å². The van der Waals surface area contributed by atoms with Crippen LogP contribution in [0.15, 0.2) is 0 Å². The number of methoxy groups -OCH3 is 4. The van der Waals surface area contributed by atoms with Gasteiger partial charge in [0, 0.05) is 54.1 Å². The fourth-order valence-electron chi connectivity index (χ4n) is 6.05. The molecule has 14 atom stereocenters. The fourth-order valence-corrected chi connectivity index (χ4v) is 9.05. The summed E-state index contributed by atoms with van der Waals surface area (Å²) in [6.07, 6.45) is 1.22. The van der Waals surface area contributed by atoms with Crippen molar-refractivity contribution in [3.63, 3.8) is 0 Å². The molecule has 4 saturated heterocycles. The zero-order valence-corrected chi connectivity index (χ0v) is 31.6. The molecule has 0 spiro atoms. The zero-order chi connectivity index (χ0) is 34.1. The smallest absolute Gasteiger partial charge is 0.382 e. The summed E-state index contributed by atoms with van der Waals surface area (Å²) >= 11 is 9.20. The van der Waals surface area contributed by atoms with E-state index in [-0.39, 0.29) is 86.5 Å². The van der Waals surface area contributed by atoms with Crippen LogP contribution in [-0.2, 0) is 72.4 Å². The Balaban J connectivity index is 0.000000250. The summed E-state index contributed by atoms with van der Waals surface area (Å²) in [6.45, 7) is 1.96. The Labute approximate surface area is 283 Å². The van der Waals surface area contributed by atoms with Crippen LogP contribution in [-0.4, -0.2) is 133 Å². The minimum absolute atomic E-state index is 0.0189. The van der Waals surface area contributed by atoms with Crippen molar-refractivity contribution in [2.75, 3.05) is 54.9 Å². The minimum atomic E-state index is -3.52. The van der Waals surface area contributed by atoms with Crippen LogP contribution < -0.4 is 0 Å². The highest BCUT2D eigenvalue weighted by Crippen LogP contribution is 2.56. The maximum absolute atomic E-state index is 12.5. The average Bonchev–Trinajstić information content (AvgIpc) is 3.72. The Morgan fingerprint density at radius 1 is 0.630 bits per heavy atom. The van der Waals surface area contributed by atoms with E-state index in [2.05, 4.69) is 12.2 Å². The predicted octanol–water partition coefficient (Wildman–Crippen LogP) is 4.06. The predicted molar refractivity (Wildman–Crippen MR) is 176 cm³/mol. The maximum atomic E-state index is 12.5. The quantitative estimate of drug-likeness (QED) is 0.173. The molecule has 2 unspecified atom stereocenters. The van der Waals surface area contributed by atoms with Crippen LogP contribution in [0.4, 0.5) is 0 Å². The number of ether oxygens (including phenoxy) is 8.